The molecule has 2 heterocycles. The second-order valence-corrected chi connectivity index (χ2v) is 13.1. The third kappa shape index (κ3) is 4.72. The van der Waals surface area contributed by atoms with Gasteiger partial charge in [0.25, 0.3) is 5.56 Å². The van der Waals surface area contributed by atoms with E-state index in [1.54, 1.807) is 16.3 Å². The van der Waals surface area contributed by atoms with Crippen LogP contribution in [0.3, 0.4) is 0 Å². The number of halogens is 2. The van der Waals surface area contributed by atoms with Crippen LogP contribution in [0.5, 0.6) is 0 Å². The first-order chi connectivity index (χ1) is 15.5. The van der Waals surface area contributed by atoms with Crippen LogP contribution in [0, 0.1) is 0 Å². The number of fused-ring (bicyclic) bond motifs is 1. The quantitative estimate of drug-likeness (QED) is 0.178. The number of hydrogen-bond donors (Lipinski definition) is 1. The standard InChI is InChI=1S/C24H27ClIN3OS2/c1-28-15-20(18-10-13-29(32-26)22(18)23(28)30)19-14-17(31-24(25)11-12-24)8-9-21(19)27-16-6-4-2-3-5-7-16/h8-10,13-16,27H,2-7,11-12H2,1H3. The SMILES string of the molecule is Cn1cc(-c2cc(SC3(Cl)CC3)ccc2NC2CCCCCC2)c2ccn(SI)c2c1=O. The van der Waals surface area contributed by atoms with Gasteiger partial charge in [-0.25, -0.2) is 0 Å². The van der Waals surface area contributed by atoms with Gasteiger partial charge in [-0.15, -0.1) is 23.4 Å². The molecule has 2 aliphatic carbocycles. The zero-order valence-corrected chi connectivity index (χ0v) is 22.6. The van der Waals surface area contributed by atoms with Crippen molar-refractivity contribution in [2.24, 2.45) is 7.05 Å². The highest BCUT2D eigenvalue weighted by atomic mass is 127. The van der Waals surface area contributed by atoms with Crippen LogP contribution >= 0.6 is 53.7 Å². The molecule has 0 bridgehead atoms. The minimum Gasteiger partial charge on any atom is -0.382 e. The minimum absolute atomic E-state index is 0.0272. The van der Waals surface area contributed by atoms with Crippen LogP contribution in [0.25, 0.3) is 22.0 Å². The highest BCUT2D eigenvalue weighted by molar-refractivity contribution is 14.2. The van der Waals surface area contributed by atoms with E-state index in [1.165, 1.54) is 52.5 Å². The molecule has 2 fully saturated rings. The molecule has 32 heavy (non-hydrogen) atoms. The zero-order chi connectivity index (χ0) is 22.3. The summed E-state index contributed by atoms with van der Waals surface area (Å²) in [6.45, 7) is 0. The van der Waals surface area contributed by atoms with Crippen LogP contribution in [0.2, 0.25) is 0 Å². The first-order valence-electron chi connectivity index (χ1n) is 11.3. The summed E-state index contributed by atoms with van der Waals surface area (Å²) in [5, 5.41) is 4.87. The fourth-order valence-corrected chi connectivity index (χ4v) is 7.33. The van der Waals surface area contributed by atoms with E-state index in [2.05, 4.69) is 50.8 Å². The highest BCUT2D eigenvalue weighted by Gasteiger charge is 2.41. The summed E-state index contributed by atoms with van der Waals surface area (Å²) < 4.78 is 3.52. The Labute approximate surface area is 214 Å². The van der Waals surface area contributed by atoms with E-state index < -0.39 is 0 Å². The van der Waals surface area contributed by atoms with Gasteiger partial charge in [0.05, 0.1) is 4.21 Å². The van der Waals surface area contributed by atoms with Crippen molar-refractivity contribution in [2.75, 3.05) is 5.32 Å². The molecule has 0 spiro atoms. The van der Waals surface area contributed by atoms with Gasteiger partial charge in [-0.1, -0.05) is 25.7 Å². The maximum Gasteiger partial charge on any atom is 0.275 e. The van der Waals surface area contributed by atoms with Gasteiger partial charge in [-0.05, 0) is 49.9 Å². The number of nitrogens with one attached hydrogen (secondary N) is 1. The average Bonchev–Trinajstić information content (AvgIpc) is 3.43. The van der Waals surface area contributed by atoms with Crippen LogP contribution in [-0.2, 0) is 7.05 Å². The van der Waals surface area contributed by atoms with Gasteiger partial charge in [0.1, 0.15) is 5.52 Å². The lowest BCUT2D eigenvalue weighted by molar-refractivity contribution is 0.620. The number of anilines is 1. The van der Waals surface area contributed by atoms with Gasteiger partial charge >= 0.3 is 0 Å². The molecule has 0 amide bonds. The van der Waals surface area contributed by atoms with E-state index in [9.17, 15) is 4.79 Å². The molecule has 3 aromatic rings. The largest absolute Gasteiger partial charge is 0.382 e. The molecule has 0 saturated heterocycles. The second-order valence-electron chi connectivity index (χ2n) is 8.96. The van der Waals surface area contributed by atoms with E-state index in [4.69, 9.17) is 11.6 Å². The Morgan fingerprint density at radius 1 is 1.12 bits per heavy atom. The number of rotatable bonds is 6. The number of aryl methyl sites for hydroxylation is 1. The fraction of sp³-hybridized carbons (Fsp3) is 0.458. The molecule has 1 aromatic carbocycles. The van der Waals surface area contributed by atoms with Gasteiger partial charge in [-0.3, -0.25) is 8.77 Å². The summed E-state index contributed by atoms with van der Waals surface area (Å²) in [6.07, 6.45) is 13.8. The second kappa shape index (κ2) is 9.47. The van der Waals surface area contributed by atoms with Crippen molar-refractivity contribution in [1.29, 1.82) is 0 Å². The number of hydrogen-bond acceptors (Lipinski definition) is 4. The summed E-state index contributed by atoms with van der Waals surface area (Å²) in [4.78, 5) is 14.1. The maximum atomic E-state index is 12.9. The Balaban J connectivity index is 1.63. The number of nitrogens with zero attached hydrogens (tertiary/aromatic N) is 2. The molecule has 0 aliphatic heterocycles. The third-order valence-electron chi connectivity index (χ3n) is 6.50. The molecule has 5 rings (SSSR count). The Morgan fingerprint density at radius 2 is 1.88 bits per heavy atom. The van der Waals surface area contributed by atoms with Gasteiger partial charge in [0.2, 0.25) is 0 Å². The van der Waals surface area contributed by atoms with E-state index in [-0.39, 0.29) is 9.77 Å². The van der Waals surface area contributed by atoms with E-state index in [1.807, 2.05) is 23.4 Å². The Bertz CT molecular complexity index is 1200. The van der Waals surface area contributed by atoms with E-state index >= 15 is 0 Å². The molecular formula is C24H27ClIN3OS2. The fourth-order valence-electron chi connectivity index (χ4n) is 4.59. The van der Waals surface area contributed by atoms with Gasteiger partial charge in [0.15, 0.2) is 0 Å². The summed E-state index contributed by atoms with van der Waals surface area (Å²) in [6, 6.07) is 9.24. The van der Waals surface area contributed by atoms with Crippen molar-refractivity contribution in [3.8, 4) is 11.1 Å². The Hall–Kier alpha value is -0.770. The van der Waals surface area contributed by atoms with Crippen LogP contribution in [0.1, 0.15) is 51.4 Å². The van der Waals surface area contributed by atoms with Crippen LogP contribution in [-0.4, -0.2) is 18.8 Å². The smallest absolute Gasteiger partial charge is 0.275 e. The molecule has 0 atom stereocenters. The van der Waals surface area contributed by atoms with Crippen molar-refractivity contribution < 1.29 is 0 Å². The third-order valence-corrected chi connectivity index (χ3v) is 10.1. The lowest BCUT2D eigenvalue weighted by Gasteiger charge is -2.22. The maximum absolute atomic E-state index is 12.9. The molecular weight excluding hydrogens is 573 g/mol. The molecule has 0 unspecified atom stereocenters. The van der Waals surface area contributed by atoms with Crippen molar-refractivity contribution >= 4 is 70.3 Å². The summed E-state index contributed by atoms with van der Waals surface area (Å²) >= 11 is 10.6. The first-order valence-corrected chi connectivity index (χ1v) is 15.8. The lowest BCUT2D eigenvalue weighted by atomic mass is 10.0. The molecule has 1 N–H and O–H groups in total. The van der Waals surface area contributed by atoms with Crippen LogP contribution in [0.4, 0.5) is 5.69 Å². The van der Waals surface area contributed by atoms with Crippen molar-refractivity contribution in [2.45, 2.75) is 66.5 Å². The number of aromatic nitrogens is 2. The molecule has 2 aromatic heterocycles. The van der Waals surface area contributed by atoms with Crippen molar-refractivity contribution in [3.05, 3.63) is 47.0 Å². The zero-order valence-electron chi connectivity index (χ0n) is 18.1. The topological polar surface area (TPSA) is 39.0 Å². The number of thioether (sulfide) groups is 1. The number of benzene rings is 1. The molecule has 8 heteroatoms. The Morgan fingerprint density at radius 3 is 2.56 bits per heavy atom. The van der Waals surface area contributed by atoms with Gasteiger partial charge < -0.3 is 9.88 Å². The molecule has 4 nitrogen and oxygen atoms in total. The number of pyridine rings is 1. The molecule has 170 valence electrons. The van der Waals surface area contributed by atoms with Crippen molar-refractivity contribution in [1.82, 2.24) is 8.54 Å². The molecule has 0 radical (unpaired) electrons. The van der Waals surface area contributed by atoms with Crippen LogP contribution in [0.15, 0.2) is 46.3 Å². The van der Waals surface area contributed by atoms with Gasteiger partial charge in [0, 0.05) is 82.9 Å². The van der Waals surface area contributed by atoms with Crippen LogP contribution < -0.4 is 10.9 Å². The summed E-state index contributed by atoms with van der Waals surface area (Å²) in [7, 11) is 3.36. The minimum atomic E-state index is -0.145. The van der Waals surface area contributed by atoms with E-state index in [0.717, 1.165) is 40.6 Å². The van der Waals surface area contributed by atoms with Gasteiger partial charge in [-0.2, -0.15) is 0 Å². The molecule has 2 saturated carbocycles. The average molecular weight is 600 g/mol. The predicted molar refractivity (Wildman–Crippen MR) is 148 cm³/mol. The van der Waals surface area contributed by atoms with Crippen molar-refractivity contribution in [3.63, 3.8) is 0 Å². The summed E-state index contributed by atoms with van der Waals surface area (Å²) in [5.41, 5.74) is 4.15. The van der Waals surface area contributed by atoms with E-state index in [0.29, 0.717) is 6.04 Å². The molecule has 2 aliphatic rings. The highest BCUT2D eigenvalue weighted by Crippen LogP contribution is 2.55. The lowest BCUT2D eigenvalue weighted by Crippen LogP contribution is -2.20. The first kappa shape index (κ1) is 23.0. The Kier molecular flexibility index (Phi) is 6.80. The normalized spacial score (nSPS) is 18.6. The predicted octanol–water partition coefficient (Wildman–Crippen LogP) is 7.81. The monoisotopic (exact) mass is 599 g/mol. The number of alkyl halides is 1. The summed E-state index contributed by atoms with van der Waals surface area (Å²) in [5.74, 6) is 0.